The van der Waals surface area contributed by atoms with E-state index in [9.17, 15) is 8.42 Å². The van der Waals surface area contributed by atoms with Crippen LogP contribution in [-0.2, 0) is 14.8 Å². The zero-order valence-corrected chi connectivity index (χ0v) is 16.4. The zero-order valence-electron chi connectivity index (χ0n) is 15.6. The number of hydrogen-bond donors (Lipinski definition) is 0. The van der Waals surface area contributed by atoms with Crippen molar-refractivity contribution in [3.05, 3.63) is 24.3 Å². The van der Waals surface area contributed by atoms with Crippen molar-refractivity contribution in [1.29, 1.82) is 0 Å². The van der Waals surface area contributed by atoms with Gasteiger partial charge in [0.2, 0.25) is 10.0 Å². The molecule has 146 valence electrons. The van der Waals surface area contributed by atoms with Crippen molar-refractivity contribution in [3.63, 3.8) is 0 Å². The number of benzene rings is 1. The first-order valence-electron chi connectivity index (χ1n) is 9.57. The highest BCUT2D eigenvalue weighted by Gasteiger charge is 2.33. The van der Waals surface area contributed by atoms with Gasteiger partial charge in [-0.3, -0.25) is 0 Å². The topological polar surface area (TPSA) is 59.1 Å². The minimum Gasteiger partial charge on any atom is -0.497 e. The third-order valence-corrected chi connectivity index (χ3v) is 7.32. The first-order chi connectivity index (χ1) is 12.6. The van der Waals surface area contributed by atoms with Crippen molar-refractivity contribution in [3.8, 4) is 5.75 Å². The molecule has 0 radical (unpaired) electrons. The van der Waals surface area contributed by atoms with Gasteiger partial charge in [-0.2, -0.15) is 4.31 Å². The number of piperidine rings is 1. The second kappa shape index (κ2) is 9.17. The molecule has 1 aromatic rings. The maximum Gasteiger partial charge on any atom is 0.243 e. The van der Waals surface area contributed by atoms with Gasteiger partial charge in [0, 0.05) is 32.3 Å². The van der Waals surface area contributed by atoms with E-state index in [1.165, 1.54) is 19.3 Å². The Labute approximate surface area is 157 Å². The predicted octanol–water partition coefficient (Wildman–Crippen LogP) is 2.35. The average Bonchev–Trinajstić information content (AvgIpc) is 2.69. The fraction of sp³-hybridized carbons (Fsp3) is 0.684. The molecule has 0 saturated carbocycles. The van der Waals surface area contributed by atoms with Gasteiger partial charge in [-0.25, -0.2) is 8.42 Å². The van der Waals surface area contributed by atoms with Crippen molar-refractivity contribution in [2.45, 2.75) is 43.0 Å². The Morgan fingerprint density at radius 1 is 1.12 bits per heavy atom. The Bertz CT molecular complexity index is 651. The van der Waals surface area contributed by atoms with Gasteiger partial charge in [-0.1, -0.05) is 6.42 Å². The number of likely N-dealkylation sites (tertiary alicyclic amines) is 1. The maximum absolute atomic E-state index is 13.3. The molecular formula is C19H30N2O4S. The van der Waals surface area contributed by atoms with Gasteiger partial charge in [-0.15, -0.1) is 0 Å². The number of rotatable bonds is 7. The molecular weight excluding hydrogens is 352 g/mol. The SMILES string of the molecule is COc1ccc(S(=O)(=O)N(CCN2CCCCC2)C2CCOCC2)cc1. The highest BCUT2D eigenvalue weighted by atomic mass is 32.2. The lowest BCUT2D eigenvalue weighted by Crippen LogP contribution is -2.47. The van der Waals surface area contributed by atoms with Crippen molar-refractivity contribution in [2.24, 2.45) is 0 Å². The molecule has 2 heterocycles. The molecule has 0 amide bonds. The first-order valence-corrected chi connectivity index (χ1v) is 11.0. The summed E-state index contributed by atoms with van der Waals surface area (Å²) in [6, 6.07) is 6.71. The maximum atomic E-state index is 13.3. The minimum absolute atomic E-state index is 0.0145. The molecule has 26 heavy (non-hydrogen) atoms. The molecule has 3 rings (SSSR count). The van der Waals surface area contributed by atoms with Crippen LogP contribution in [0, 0.1) is 0 Å². The van der Waals surface area contributed by atoms with Crippen LogP contribution in [0.15, 0.2) is 29.2 Å². The third kappa shape index (κ3) is 4.76. The molecule has 6 nitrogen and oxygen atoms in total. The van der Waals surface area contributed by atoms with Gasteiger partial charge >= 0.3 is 0 Å². The number of ether oxygens (including phenoxy) is 2. The molecule has 2 aliphatic heterocycles. The molecule has 2 saturated heterocycles. The van der Waals surface area contributed by atoms with Gasteiger partial charge in [-0.05, 0) is 63.0 Å². The van der Waals surface area contributed by atoms with Gasteiger partial charge in [0.25, 0.3) is 0 Å². The van der Waals surface area contributed by atoms with E-state index in [0.717, 1.165) is 32.5 Å². The van der Waals surface area contributed by atoms with Crippen LogP contribution in [0.5, 0.6) is 5.75 Å². The number of sulfonamides is 1. The van der Waals surface area contributed by atoms with Crippen molar-refractivity contribution in [2.75, 3.05) is 46.5 Å². The number of hydrogen-bond acceptors (Lipinski definition) is 5. The van der Waals surface area contributed by atoms with Crippen molar-refractivity contribution < 1.29 is 17.9 Å². The Kier molecular flexibility index (Phi) is 6.92. The summed E-state index contributed by atoms with van der Waals surface area (Å²) in [5.41, 5.74) is 0. The van der Waals surface area contributed by atoms with E-state index in [1.54, 1.807) is 35.7 Å². The Morgan fingerprint density at radius 2 is 1.77 bits per heavy atom. The predicted molar refractivity (Wildman–Crippen MR) is 101 cm³/mol. The standard InChI is InChI=1S/C19H30N2O4S/c1-24-18-5-7-19(8-6-18)26(22,23)21(17-9-15-25-16-10-17)14-13-20-11-3-2-4-12-20/h5-8,17H,2-4,9-16H2,1H3. The molecule has 0 bridgehead atoms. The van der Waals surface area contributed by atoms with Crippen LogP contribution in [-0.4, -0.2) is 70.2 Å². The van der Waals surface area contributed by atoms with Crippen LogP contribution in [0.2, 0.25) is 0 Å². The summed E-state index contributed by atoms with van der Waals surface area (Å²) < 4.78 is 39.0. The lowest BCUT2D eigenvalue weighted by atomic mass is 10.1. The van der Waals surface area contributed by atoms with Crippen LogP contribution in [0.1, 0.15) is 32.1 Å². The molecule has 0 atom stereocenters. The normalized spacial score (nSPS) is 20.4. The van der Waals surface area contributed by atoms with Crippen LogP contribution in [0.4, 0.5) is 0 Å². The summed E-state index contributed by atoms with van der Waals surface area (Å²) in [4.78, 5) is 2.72. The van der Waals surface area contributed by atoms with Gasteiger partial charge in [0.15, 0.2) is 0 Å². The molecule has 0 aromatic heterocycles. The molecule has 0 aliphatic carbocycles. The summed E-state index contributed by atoms with van der Waals surface area (Å²) >= 11 is 0. The van der Waals surface area contributed by atoms with E-state index >= 15 is 0 Å². The quantitative estimate of drug-likeness (QED) is 0.724. The van der Waals surface area contributed by atoms with Crippen LogP contribution < -0.4 is 4.74 Å². The van der Waals surface area contributed by atoms with Gasteiger partial charge < -0.3 is 14.4 Å². The Hall–Kier alpha value is -1.15. The first kappa shape index (κ1) is 19.6. The summed E-state index contributed by atoms with van der Waals surface area (Å²) in [7, 11) is -1.95. The second-order valence-electron chi connectivity index (χ2n) is 7.04. The van der Waals surface area contributed by atoms with E-state index in [2.05, 4.69) is 4.90 Å². The van der Waals surface area contributed by atoms with Crippen molar-refractivity contribution >= 4 is 10.0 Å². The van der Waals surface area contributed by atoms with E-state index in [1.807, 2.05) is 0 Å². The monoisotopic (exact) mass is 382 g/mol. The van der Waals surface area contributed by atoms with Crippen LogP contribution >= 0.6 is 0 Å². The highest BCUT2D eigenvalue weighted by molar-refractivity contribution is 7.89. The zero-order chi connectivity index (χ0) is 18.4. The van der Waals surface area contributed by atoms with E-state index < -0.39 is 10.0 Å². The molecule has 0 spiro atoms. The fourth-order valence-electron chi connectivity index (χ4n) is 3.78. The fourth-order valence-corrected chi connectivity index (χ4v) is 5.45. The minimum atomic E-state index is -3.53. The number of methoxy groups -OCH3 is 1. The second-order valence-corrected chi connectivity index (χ2v) is 8.93. The van der Waals surface area contributed by atoms with E-state index in [0.29, 0.717) is 30.4 Å². The molecule has 7 heteroatoms. The third-order valence-electron chi connectivity index (χ3n) is 5.35. The lowest BCUT2D eigenvalue weighted by molar-refractivity contribution is 0.0557. The van der Waals surface area contributed by atoms with Crippen molar-refractivity contribution in [1.82, 2.24) is 9.21 Å². The van der Waals surface area contributed by atoms with Crippen LogP contribution in [0.25, 0.3) is 0 Å². The van der Waals surface area contributed by atoms with E-state index in [-0.39, 0.29) is 6.04 Å². The molecule has 2 aliphatic rings. The Morgan fingerprint density at radius 3 is 2.38 bits per heavy atom. The highest BCUT2D eigenvalue weighted by Crippen LogP contribution is 2.25. The lowest BCUT2D eigenvalue weighted by Gasteiger charge is -2.35. The van der Waals surface area contributed by atoms with E-state index in [4.69, 9.17) is 9.47 Å². The largest absolute Gasteiger partial charge is 0.497 e. The van der Waals surface area contributed by atoms with Gasteiger partial charge in [0.05, 0.1) is 12.0 Å². The summed E-state index contributed by atoms with van der Waals surface area (Å²) in [6.45, 7) is 4.74. The average molecular weight is 383 g/mol. The molecule has 0 N–H and O–H groups in total. The van der Waals surface area contributed by atoms with Gasteiger partial charge in [0.1, 0.15) is 5.75 Å². The molecule has 1 aromatic carbocycles. The molecule has 0 unspecified atom stereocenters. The summed E-state index contributed by atoms with van der Waals surface area (Å²) in [5, 5.41) is 0. The summed E-state index contributed by atoms with van der Waals surface area (Å²) in [5.74, 6) is 0.662. The summed E-state index contributed by atoms with van der Waals surface area (Å²) in [6.07, 6.45) is 5.22. The Balaban J connectivity index is 1.77. The smallest absolute Gasteiger partial charge is 0.243 e. The van der Waals surface area contributed by atoms with Crippen LogP contribution in [0.3, 0.4) is 0 Å². The molecule has 2 fully saturated rings. The number of nitrogens with zero attached hydrogens (tertiary/aromatic N) is 2.